The van der Waals surface area contributed by atoms with Crippen LogP contribution < -0.4 is 0 Å². The zero-order valence-electron chi connectivity index (χ0n) is 23.8. The van der Waals surface area contributed by atoms with Crippen LogP contribution in [0.25, 0.3) is 130 Å². The second-order valence-electron chi connectivity index (χ2n) is 13.1. The summed E-state index contributed by atoms with van der Waals surface area (Å²) >= 11 is 0. The minimum atomic E-state index is 1.29. The third kappa shape index (κ3) is 1.91. The van der Waals surface area contributed by atoms with Crippen LogP contribution in [0.1, 0.15) is 0 Å². The van der Waals surface area contributed by atoms with Crippen molar-refractivity contribution in [1.82, 2.24) is 4.57 Å². The Kier molecular flexibility index (Phi) is 3.10. The zero-order chi connectivity index (χ0) is 28.2. The third-order valence-electron chi connectivity index (χ3n) is 11.5. The Morgan fingerprint density at radius 3 is 0.727 bits per heavy atom. The fourth-order valence-corrected chi connectivity index (χ4v) is 10.1. The Balaban J connectivity index is 1.65. The monoisotopic (exact) mass is 551 g/mol. The summed E-state index contributed by atoms with van der Waals surface area (Å²) in [6.45, 7) is 0. The van der Waals surface area contributed by atoms with Crippen molar-refractivity contribution in [3.05, 3.63) is 109 Å². The Labute approximate surface area is 249 Å². The number of aromatic nitrogens is 1. The van der Waals surface area contributed by atoms with Crippen molar-refractivity contribution in [2.24, 2.45) is 7.05 Å². The quantitative estimate of drug-likeness (QED) is 0.130. The van der Waals surface area contributed by atoms with E-state index in [9.17, 15) is 0 Å². The molecule has 0 radical (unpaired) electrons. The van der Waals surface area contributed by atoms with Gasteiger partial charge in [0, 0.05) is 50.4 Å². The molecule has 0 aliphatic heterocycles. The molecule has 0 saturated heterocycles. The molecule has 0 N–H and O–H groups in total. The van der Waals surface area contributed by atoms with Gasteiger partial charge in [-0.2, -0.15) is 0 Å². The van der Waals surface area contributed by atoms with E-state index in [4.69, 9.17) is 0 Å². The molecule has 1 heterocycles. The molecule has 12 aromatic carbocycles. The molecule has 1 heteroatoms. The molecule has 0 amide bonds. The van der Waals surface area contributed by atoms with Gasteiger partial charge in [-0.25, -0.2) is 0 Å². The molecule has 13 aromatic rings. The average molecular weight is 552 g/mol. The number of hydrogen-bond acceptors (Lipinski definition) is 0. The lowest BCUT2D eigenvalue weighted by atomic mass is 9.75. The van der Waals surface area contributed by atoms with Gasteiger partial charge in [-0.05, 0) is 98.3 Å². The minimum Gasteiger partial charge on any atom is -0.344 e. The van der Waals surface area contributed by atoms with E-state index in [-0.39, 0.29) is 0 Å². The highest BCUT2D eigenvalue weighted by molar-refractivity contribution is 6.59. The molecular weight excluding hydrogens is 530 g/mol. The van der Waals surface area contributed by atoms with Gasteiger partial charge in [-0.3, -0.25) is 0 Å². The lowest BCUT2D eigenvalue weighted by Gasteiger charge is -2.26. The molecule has 0 spiro atoms. The molecule has 0 saturated carbocycles. The van der Waals surface area contributed by atoms with Crippen LogP contribution in [0.5, 0.6) is 0 Å². The van der Waals surface area contributed by atoms with Crippen LogP contribution >= 0.6 is 0 Å². The summed E-state index contributed by atoms with van der Waals surface area (Å²) in [5.74, 6) is 0. The van der Waals surface area contributed by atoms with Crippen LogP contribution in [0.15, 0.2) is 109 Å². The van der Waals surface area contributed by atoms with Crippen LogP contribution in [-0.2, 0) is 7.05 Å². The van der Waals surface area contributed by atoms with E-state index in [1.165, 1.54) is 130 Å². The molecule has 0 atom stereocenters. The summed E-state index contributed by atoms with van der Waals surface area (Å²) < 4.78 is 2.46. The smallest absolute Gasteiger partial charge is 0.0494 e. The number of nitrogens with zero attached hydrogens (tertiary/aromatic N) is 1. The van der Waals surface area contributed by atoms with Gasteiger partial charge in [0.1, 0.15) is 0 Å². The molecule has 0 aliphatic rings. The number of fused-ring (bicyclic) bond motifs is 5. The first-order valence-electron chi connectivity index (χ1n) is 15.6. The van der Waals surface area contributed by atoms with Gasteiger partial charge < -0.3 is 4.57 Å². The third-order valence-corrected chi connectivity index (χ3v) is 11.5. The molecule has 44 heavy (non-hydrogen) atoms. The lowest BCUT2D eigenvalue weighted by molar-refractivity contribution is 1.01. The molecule has 1 aromatic heterocycles. The van der Waals surface area contributed by atoms with Crippen molar-refractivity contribution >= 4 is 130 Å². The second kappa shape index (κ2) is 6.46. The summed E-state index contributed by atoms with van der Waals surface area (Å²) in [6.07, 6.45) is 0. The molecule has 0 aliphatic carbocycles. The minimum absolute atomic E-state index is 1.29. The molecule has 198 valence electrons. The maximum Gasteiger partial charge on any atom is 0.0494 e. The van der Waals surface area contributed by atoms with E-state index in [2.05, 4.69) is 121 Å². The molecular formula is C43H21N. The van der Waals surface area contributed by atoms with E-state index in [1.54, 1.807) is 0 Å². The summed E-state index contributed by atoms with van der Waals surface area (Å²) in [7, 11) is 2.27. The first kappa shape index (κ1) is 21.1. The Hall–Kier alpha value is -5.66. The summed E-state index contributed by atoms with van der Waals surface area (Å²) in [5.41, 5.74) is 2.58. The highest BCUT2D eigenvalue weighted by atomic mass is 14.9. The lowest BCUT2D eigenvalue weighted by Crippen LogP contribution is -1.98. The van der Waals surface area contributed by atoms with Crippen molar-refractivity contribution in [3.63, 3.8) is 0 Å². The van der Waals surface area contributed by atoms with Gasteiger partial charge in [0.05, 0.1) is 0 Å². The van der Waals surface area contributed by atoms with Crippen molar-refractivity contribution in [1.29, 1.82) is 0 Å². The molecule has 0 unspecified atom stereocenters. The van der Waals surface area contributed by atoms with E-state index in [0.29, 0.717) is 0 Å². The number of aryl methyl sites for hydroxylation is 1. The number of benzene rings is 12. The van der Waals surface area contributed by atoms with Crippen LogP contribution in [0.2, 0.25) is 0 Å². The Bertz CT molecular complexity index is 3120. The Morgan fingerprint density at radius 2 is 0.455 bits per heavy atom. The molecule has 1 nitrogen and oxygen atoms in total. The van der Waals surface area contributed by atoms with E-state index >= 15 is 0 Å². The van der Waals surface area contributed by atoms with Gasteiger partial charge in [0.15, 0.2) is 0 Å². The SMILES string of the molecule is Cn1c2cccc3c4cccc5c6cccc7c8cccc9c%10cccc%11c%12cccc1c%12c1c(c%10%11)c(c89)c(c76)c(c54)c1c32. The van der Waals surface area contributed by atoms with Crippen LogP contribution in [-0.4, -0.2) is 4.57 Å². The van der Waals surface area contributed by atoms with Gasteiger partial charge in [0.25, 0.3) is 0 Å². The predicted octanol–water partition coefficient (Wildman–Crippen LogP) is 12.1. The van der Waals surface area contributed by atoms with E-state index < -0.39 is 0 Å². The van der Waals surface area contributed by atoms with E-state index in [1.807, 2.05) is 0 Å². The Morgan fingerprint density at radius 1 is 0.250 bits per heavy atom. The topological polar surface area (TPSA) is 4.93 Å². The standard InChI is InChI=1S/C43H21N/c1-44-30-18-6-16-28-26-14-4-12-24-22-10-2-8-20-21-9-3-11-23-25-13-5-15-27-29-17-7-19-31(44)37(29)43-41(35(25)27)39(33(21)23)38(32(20)22)40(34(24)26)42(43)36(28)30/h2-19H,1H3. The fourth-order valence-electron chi connectivity index (χ4n) is 10.1. The molecule has 0 bridgehead atoms. The van der Waals surface area contributed by atoms with E-state index in [0.717, 1.165) is 0 Å². The second-order valence-corrected chi connectivity index (χ2v) is 13.1. The maximum atomic E-state index is 2.46. The first-order valence-corrected chi connectivity index (χ1v) is 15.6. The molecule has 13 rings (SSSR count). The van der Waals surface area contributed by atoms with Crippen LogP contribution in [0, 0.1) is 0 Å². The van der Waals surface area contributed by atoms with Gasteiger partial charge in [-0.15, -0.1) is 0 Å². The van der Waals surface area contributed by atoms with Crippen molar-refractivity contribution < 1.29 is 0 Å². The number of hydrogen-bond donors (Lipinski definition) is 0. The van der Waals surface area contributed by atoms with Gasteiger partial charge in [0.2, 0.25) is 0 Å². The average Bonchev–Trinajstić information content (AvgIpc) is 3.19. The highest BCUT2D eigenvalue weighted by Gasteiger charge is 2.30. The zero-order valence-corrected chi connectivity index (χ0v) is 23.8. The van der Waals surface area contributed by atoms with Gasteiger partial charge in [-0.1, -0.05) is 97.1 Å². The predicted molar refractivity (Wildman–Crippen MR) is 191 cm³/mol. The summed E-state index contributed by atoms with van der Waals surface area (Å²) in [6, 6.07) is 41.9. The normalized spacial score (nSPS) is 13.6. The summed E-state index contributed by atoms with van der Waals surface area (Å²) in [5, 5.41) is 30.7. The van der Waals surface area contributed by atoms with Crippen molar-refractivity contribution in [2.75, 3.05) is 0 Å². The fraction of sp³-hybridized carbons (Fsp3) is 0.0233. The number of rotatable bonds is 0. The van der Waals surface area contributed by atoms with Gasteiger partial charge >= 0.3 is 0 Å². The molecule has 0 fully saturated rings. The highest BCUT2D eigenvalue weighted by Crippen LogP contribution is 2.58. The largest absolute Gasteiger partial charge is 0.344 e. The van der Waals surface area contributed by atoms with Crippen LogP contribution in [0.4, 0.5) is 0 Å². The summed E-state index contributed by atoms with van der Waals surface area (Å²) in [4.78, 5) is 0. The first-order chi connectivity index (χ1) is 21.8. The van der Waals surface area contributed by atoms with Crippen molar-refractivity contribution in [2.45, 2.75) is 0 Å². The van der Waals surface area contributed by atoms with Crippen molar-refractivity contribution in [3.8, 4) is 0 Å². The van der Waals surface area contributed by atoms with Crippen LogP contribution in [0.3, 0.4) is 0 Å². The maximum absolute atomic E-state index is 2.46.